The van der Waals surface area contributed by atoms with E-state index in [0.717, 1.165) is 32.6 Å². The van der Waals surface area contributed by atoms with Gasteiger partial charge in [-0.3, -0.25) is 4.79 Å². The van der Waals surface area contributed by atoms with Gasteiger partial charge in [0.1, 0.15) is 11.5 Å². The summed E-state index contributed by atoms with van der Waals surface area (Å²) >= 11 is 6.86. The minimum absolute atomic E-state index is 0.186. The molecule has 1 heterocycles. The zero-order chi connectivity index (χ0) is 23.3. The predicted octanol–water partition coefficient (Wildman–Crippen LogP) is 4.82. The van der Waals surface area contributed by atoms with Gasteiger partial charge in [0.15, 0.2) is 5.11 Å². The third-order valence-corrected chi connectivity index (χ3v) is 5.87. The van der Waals surface area contributed by atoms with Crippen molar-refractivity contribution in [1.82, 2.24) is 10.2 Å². The number of ether oxygens (including phenoxy) is 2. The van der Waals surface area contributed by atoms with Crippen LogP contribution in [0.5, 0.6) is 11.5 Å². The first-order chi connectivity index (χ1) is 15.5. The van der Waals surface area contributed by atoms with Crippen molar-refractivity contribution in [3.05, 3.63) is 34.5 Å². The van der Waals surface area contributed by atoms with Crippen LogP contribution in [0, 0.1) is 0 Å². The summed E-state index contributed by atoms with van der Waals surface area (Å²) in [7, 11) is 0. The van der Waals surface area contributed by atoms with Gasteiger partial charge in [-0.1, -0.05) is 19.9 Å². The zero-order valence-electron chi connectivity index (χ0n) is 19.3. The summed E-state index contributed by atoms with van der Waals surface area (Å²) in [5.74, 6) is 0.951. The molecule has 0 saturated carbocycles. The number of amides is 1. The monoisotopic (exact) mass is 478 g/mol. The molecule has 1 aromatic carbocycles. The highest BCUT2D eigenvalue weighted by Crippen LogP contribution is 2.37. The highest BCUT2D eigenvalue weighted by atomic mass is 32.1. The van der Waals surface area contributed by atoms with Crippen molar-refractivity contribution in [2.75, 3.05) is 50.0 Å². The van der Waals surface area contributed by atoms with Gasteiger partial charge in [-0.25, -0.2) is 0 Å². The minimum atomic E-state index is -0.186. The predicted molar refractivity (Wildman–Crippen MR) is 138 cm³/mol. The summed E-state index contributed by atoms with van der Waals surface area (Å²) in [6.07, 6.45) is 1.000. The van der Waals surface area contributed by atoms with Crippen LogP contribution in [-0.2, 0) is 0 Å². The van der Waals surface area contributed by atoms with Crippen LogP contribution in [0.2, 0.25) is 0 Å². The molecule has 0 fully saturated rings. The maximum Gasteiger partial charge on any atom is 0.265 e. The maximum atomic E-state index is 12.6. The normalized spacial score (nSPS) is 10.7. The van der Waals surface area contributed by atoms with Gasteiger partial charge in [0.05, 0.1) is 29.5 Å². The molecule has 0 radical (unpaired) electrons. The molecular formula is C23H34N4O3S2. The maximum absolute atomic E-state index is 12.6. The number of rotatable bonds is 13. The Balaban J connectivity index is 2.10. The van der Waals surface area contributed by atoms with Crippen molar-refractivity contribution in [1.29, 1.82) is 0 Å². The fourth-order valence-corrected chi connectivity index (χ4v) is 3.94. The lowest BCUT2D eigenvalue weighted by Crippen LogP contribution is -2.32. The Morgan fingerprint density at radius 2 is 1.66 bits per heavy atom. The van der Waals surface area contributed by atoms with Crippen LogP contribution in [0.1, 0.15) is 43.8 Å². The van der Waals surface area contributed by atoms with Gasteiger partial charge in [-0.05, 0) is 63.6 Å². The highest BCUT2D eigenvalue weighted by Gasteiger charge is 2.16. The number of hydrogen-bond acceptors (Lipinski definition) is 6. The van der Waals surface area contributed by atoms with E-state index >= 15 is 0 Å². The van der Waals surface area contributed by atoms with Crippen LogP contribution in [0.3, 0.4) is 0 Å². The van der Waals surface area contributed by atoms with Gasteiger partial charge in [0.2, 0.25) is 0 Å². The number of nitrogens with zero attached hydrogens (tertiary/aromatic N) is 1. The molecule has 0 bridgehead atoms. The largest absolute Gasteiger partial charge is 0.492 e. The molecule has 0 saturated heterocycles. The molecule has 0 aliphatic carbocycles. The standard InChI is InChI=1S/C23H34N4O3S2/c1-5-27(6-2)13-10-12-24-23(31)26-18-16-19(29-7-3)17(15-20(18)30-8-4)25-22(28)21-11-9-14-32-21/h9,11,14-16H,5-8,10,12-13H2,1-4H3,(H,25,28)(H2,24,26,31). The van der Waals surface area contributed by atoms with E-state index in [1.54, 1.807) is 12.1 Å². The first-order valence-corrected chi connectivity index (χ1v) is 12.4. The Morgan fingerprint density at radius 1 is 1.03 bits per heavy atom. The summed E-state index contributed by atoms with van der Waals surface area (Å²) in [6.45, 7) is 13.0. The molecule has 3 N–H and O–H groups in total. The molecule has 7 nitrogen and oxygen atoms in total. The van der Waals surface area contributed by atoms with E-state index in [-0.39, 0.29) is 5.91 Å². The van der Waals surface area contributed by atoms with E-state index in [2.05, 4.69) is 34.7 Å². The third kappa shape index (κ3) is 7.96. The van der Waals surface area contributed by atoms with Gasteiger partial charge in [0, 0.05) is 18.7 Å². The van der Waals surface area contributed by atoms with Crippen molar-refractivity contribution in [2.45, 2.75) is 34.1 Å². The second-order valence-electron chi connectivity index (χ2n) is 6.90. The van der Waals surface area contributed by atoms with Crippen molar-refractivity contribution in [3.8, 4) is 11.5 Å². The smallest absolute Gasteiger partial charge is 0.265 e. The van der Waals surface area contributed by atoms with Gasteiger partial charge in [-0.15, -0.1) is 11.3 Å². The zero-order valence-corrected chi connectivity index (χ0v) is 21.0. The van der Waals surface area contributed by atoms with Crippen molar-refractivity contribution in [2.24, 2.45) is 0 Å². The van der Waals surface area contributed by atoms with Gasteiger partial charge in [-0.2, -0.15) is 0 Å². The molecule has 0 unspecified atom stereocenters. The molecule has 9 heteroatoms. The van der Waals surface area contributed by atoms with E-state index < -0.39 is 0 Å². The fraction of sp³-hybridized carbons (Fsp3) is 0.478. The molecule has 1 amide bonds. The minimum Gasteiger partial charge on any atom is -0.492 e. The van der Waals surface area contributed by atoms with Crippen LogP contribution in [0.4, 0.5) is 11.4 Å². The Morgan fingerprint density at radius 3 is 2.19 bits per heavy atom. The summed E-state index contributed by atoms with van der Waals surface area (Å²) in [6, 6.07) is 7.20. The van der Waals surface area contributed by atoms with E-state index in [4.69, 9.17) is 21.7 Å². The molecule has 1 aromatic heterocycles. The highest BCUT2D eigenvalue weighted by molar-refractivity contribution is 7.80. The average Bonchev–Trinajstić information content (AvgIpc) is 3.32. The number of carbonyl (C=O) groups excluding carboxylic acids is 1. The molecule has 176 valence electrons. The first-order valence-electron chi connectivity index (χ1n) is 11.1. The van der Waals surface area contributed by atoms with Crippen LogP contribution < -0.4 is 25.4 Å². The Kier molecular flexibility index (Phi) is 11.3. The number of carbonyl (C=O) groups is 1. The molecule has 32 heavy (non-hydrogen) atoms. The topological polar surface area (TPSA) is 74.9 Å². The van der Waals surface area contributed by atoms with Crippen LogP contribution >= 0.6 is 23.6 Å². The Hall–Kier alpha value is -2.36. The molecule has 0 atom stereocenters. The Bertz CT molecular complexity index is 855. The van der Waals surface area contributed by atoms with Crippen LogP contribution in [-0.4, -0.2) is 55.3 Å². The van der Waals surface area contributed by atoms with E-state index in [1.807, 2.05) is 31.4 Å². The van der Waals surface area contributed by atoms with Gasteiger partial charge < -0.3 is 30.3 Å². The number of hydrogen-bond donors (Lipinski definition) is 3. The van der Waals surface area contributed by atoms with E-state index in [9.17, 15) is 4.79 Å². The number of nitrogens with one attached hydrogen (secondary N) is 3. The summed E-state index contributed by atoms with van der Waals surface area (Å²) in [4.78, 5) is 15.6. The lowest BCUT2D eigenvalue weighted by molar-refractivity contribution is 0.103. The third-order valence-electron chi connectivity index (χ3n) is 4.75. The lowest BCUT2D eigenvalue weighted by atomic mass is 10.2. The van der Waals surface area contributed by atoms with Crippen molar-refractivity contribution >= 4 is 45.9 Å². The van der Waals surface area contributed by atoms with Gasteiger partial charge >= 0.3 is 0 Å². The SMILES string of the molecule is CCOc1cc(NC(=S)NCCCN(CC)CC)c(OCC)cc1NC(=O)c1cccs1. The molecule has 2 rings (SSSR count). The number of benzene rings is 1. The van der Waals surface area contributed by atoms with Crippen LogP contribution in [0.15, 0.2) is 29.6 Å². The van der Waals surface area contributed by atoms with E-state index in [0.29, 0.717) is 46.1 Å². The fourth-order valence-electron chi connectivity index (χ4n) is 3.11. The first kappa shape index (κ1) is 25.9. The molecule has 0 spiro atoms. The summed E-state index contributed by atoms with van der Waals surface area (Å²) < 4.78 is 11.6. The van der Waals surface area contributed by atoms with Crippen molar-refractivity contribution in [3.63, 3.8) is 0 Å². The second-order valence-corrected chi connectivity index (χ2v) is 8.26. The average molecular weight is 479 g/mol. The molecule has 0 aliphatic heterocycles. The Labute approximate surface area is 200 Å². The molecule has 2 aromatic rings. The van der Waals surface area contributed by atoms with Crippen molar-refractivity contribution < 1.29 is 14.3 Å². The lowest BCUT2D eigenvalue weighted by Gasteiger charge is -2.20. The van der Waals surface area contributed by atoms with E-state index in [1.165, 1.54) is 11.3 Å². The summed E-state index contributed by atoms with van der Waals surface area (Å²) in [5.41, 5.74) is 1.24. The number of thiocarbonyl (C=S) groups is 1. The summed E-state index contributed by atoms with van der Waals surface area (Å²) in [5, 5.41) is 11.8. The van der Waals surface area contributed by atoms with Gasteiger partial charge in [0.25, 0.3) is 5.91 Å². The second kappa shape index (κ2) is 13.9. The number of thiophene rings is 1. The molecular weight excluding hydrogens is 444 g/mol. The number of anilines is 2. The quantitative estimate of drug-likeness (QED) is 0.282. The molecule has 0 aliphatic rings. The van der Waals surface area contributed by atoms with Crippen LogP contribution in [0.25, 0.3) is 0 Å².